The van der Waals surface area contributed by atoms with Gasteiger partial charge in [-0.05, 0) is 31.2 Å². The van der Waals surface area contributed by atoms with Gasteiger partial charge in [0.25, 0.3) is 5.56 Å². The van der Waals surface area contributed by atoms with E-state index in [0.717, 1.165) is 28.1 Å². The first kappa shape index (κ1) is 20.6. The molecule has 0 radical (unpaired) electrons. The van der Waals surface area contributed by atoms with E-state index >= 15 is 0 Å². The zero-order valence-corrected chi connectivity index (χ0v) is 19.3. The Morgan fingerprint density at radius 1 is 1.31 bits per heavy atom. The second-order valence-corrected chi connectivity index (χ2v) is 10.7. The summed E-state index contributed by atoms with van der Waals surface area (Å²) in [7, 11) is 3.66. The van der Waals surface area contributed by atoms with E-state index in [4.69, 9.17) is 4.98 Å². The van der Waals surface area contributed by atoms with Gasteiger partial charge in [-0.2, -0.15) is 0 Å². The molecule has 154 valence electrons. The number of rotatable bonds is 5. The predicted molar refractivity (Wildman–Crippen MR) is 123 cm³/mol. The molecule has 1 saturated carbocycles. The van der Waals surface area contributed by atoms with E-state index in [-0.39, 0.29) is 16.7 Å². The fourth-order valence-electron chi connectivity index (χ4n) is 3.92. The van der Waals surface area contributed by atoms with Gasteiger partial charge in [-0.25, -0.2) is 4.98 Å². The molecule has 8 heteroatoms. The SMILES string of the molecule is CC(Sc1nc2scc(-c3cccs3)c2c(=O)n1C)C(=O)N(C)C1CCCCC1. The van der Waals surface area contributed by atoms with Gasteiger partial charge in [-0.1, -0.05) is 37.1 Å². The lowest BCUT2D eigenvalue weighted by atomic mass is 9.94. The minimum atomic E-state index is -0.283. The molecule has 1 fully saturated rings. The topological polar surface area (TPSA) is 55.2 Å². The molecule has 0 aliphatic heterocycles. The van der Waals surface area contributed by atoms with Crippen molar-refractivity contribution < 1.29 is 4.79 Å². The molecule has 3 aromatic rings. The Hall–Kier alpha value is -1.64. The first-order chi connectivity index (χ1) is 14.0. The number of thioether (sulfide) groups is 1. The van der Waals surface area contributed by atoms with Crippen molar-refractivity contribution >= 4 is 50.6 Å². The zero-order chi connectivity index (χ0) is 20.5. The third-order valence-corrected chi connectivity index (χ3v) is 8.57. The number of hydrogen-bond acceptors (Lipinski definition) is 6. The van der Waals surface area contributed by atoms with Crippen LogP contribution < -0.4 is 5.56 Å². The van der Waals surface area contributed by atoms with Gasteiger partial charge in [0, 0.05) is 36.0 Å². The van der Waals surface area contributed by atoms with E-state index in [1.807, 2.05) is 41.8 Å². The van der Waals surface area contributed by atoms with Crippen LogP contribution in [0.1, 0.15) is 39.0 Å². The summed E-state index contributed by atoms with van der Waals surface area (Å²) in [4.78, 5) is 34.5. The van der Waals surface area contributed by atoms with Crippen LogP contribution in [0.2, 0.25) is 0 Å². The van der Waals surface area contributed by atoms with Gasteiger partial charge >= 0.3 is 0 Å². The normalized spacial score (nSPS) is 16.2. The Morgan fingerprint density at radius 2 is 2.07 bits per heavy atom. The molecule has 5 nitrogen and oxygen atoms in total. The third kappa shape index (κ3) is 4.02. The standard InChI is InChI=1S/C21H25N3O2S3/c1-13(19(25)23(2)14-8-5-4-6-9-14)29-21-22-18-17(20(26)24(21)3)15(12-28-18)16-10-7-11-27-16/h7,10-14H,4-6,8-9H2,1-3H3. The van der Waals surface area contributed by atoms with Crippen molar-refractivity contribution in [3.63, 3.8) is 0 Å². The highest BCUT2D eigenvalue weighted by Gasteiger charge is 2.27. The van der Waals surface area contributed by atoms with Gasteiger partial charge < -0.3 is 4.90 Å². The van der Waals surface area contributed by atoms with Gasteiger partial charge in [0.1, 0.15) is 4.83 Å². The maximum atomic E-state index is 13.1. The van der Waals surface area contributed by atoms with E-state index in [9.17, 15) is 9.59 Å². The molecule has 1 aliphatic rings. The first-order valence-electron chi connectivity index (χ1n) is 9.92. The molecule has 3 aromatic heterocycles. The number of hydrogen-bond donors (Lipinski definition) is 0. The lowest BCUT2D eigenvalue weighted by molar-refractivity contribution is -0.131. The highest BCUT2D eigenvalue weighted by molar-refractivity contribution is 8.00. The van der Waals surface area contributed by atoms with Crippen LogP contribution in [0.4, 0.5) is 0 Å². The number of carbonyl (C=O) groups excluding carboxylic acids is 1. The van der Waals surface area contributed by atoms with Crippen LogP contribution in [0.25, 0.3) is 20.7 Å². The summed E-state index contributed by atoms with van der Waals surface area (Å²) in [5.74, 6) is 0.113. The summed E-state index contributed by atoms with van der Waals surface area (Å²) in [6.07, 6.45) is 5.83. The lowest BCUT2D eigenvalue weighted by Gasteiger charge is -2.32. The average Bonchev–Trinajstić information content (AvgIpc) is 3.41. The minimum Gasteiger partial charge on any atom is -0.342 e. The van der Waals surface area contributed by atoms with Crippen LogP contribution in [-0.4, -0.2) is 38.7 Å². The number of amides is 1. The van der Waals surface area contributed by atoms with E-state index in [0.29, 0.717) is 16.6 Å². The quantitative estimate of drug-likeness (QED) is 0.408. The molecule has 0 spiro atoms. The fraction of sp³-hybridized carbons (Fsp3) is 0.476. The first-order valence-corrected chi connectivity index (χ1v) is 12.6. The molecule has 0 N–H and O–H groups in total. The molecule has 1 atom stereocenters. The van der Waals surface area contributed by atoms with Crippen molar-refractivity contribution in [2.24, 2.45) is 7.05 Å². The van der Waals surface area contributed by atoms with Crippen molar-refractivity contribution in [2.75, 3.05) is 7.05 Å². The third-order valence-electron chi connectivity index (χ3n) is 5.66. The summed E-state index contributed by atoms with van der Waals surface area (Å²) in [5, 5.41) is 5.00. The maximum Gasteiger partial charge on any atom is 0.263 e. The molecule has 3 heterocycles. The van der Waals surface area contributed by atoms with Crippen molar-refractivity contribution in [1.29, 1.82) is 0 Å². The molecular formula is C21H25N3O2S3. The van der Waals surface area contributed by atoms with Crippen LogP contribution >= 0.6 is 34.4 Å². The lowest BCUT2D eigenvalue weighted by Crippen LogP contribution is -2.42. The van der Waals surface area contributed by atoms with Crippen LogP contribution in [0, 0.1) is 0 Å². The predicted octanol–water partition coefficient (Wildman–Crippen LogP) is 5.00. The summed E-state index contributed by atoms with van der Waals surface area (Å²) >= 11 is 4.48. The second kappa shape index (κ2) is 8.62. The summed E-state index contributed by atoms with van der Waals surface area (Å²) in [5.41, 5.74) is 0.897. The highest BCUT2D eigenvalue weighted by Crippen LogP contribution is 2.35. The van der Waals surface area contributed by atoms with Crippen molar-refractivity contribution in [3.05, 3.63) is 33.2 Å². The van der Waals surface area contributed by atoms with Gasteiger partial charge in [0.15, 0.2) is 5.16 Å². The number of carbonyl (C=O) groups is 1. The number of thiophene rings is 2. The number of nitrogens with zero attached hydrogens (tertiary/aromatic N) is 3. The molecule has 4 rings (SSSR count). The largest absolute Gasteiger partial charge is 0.342 e. The van der Waals surface area contributed by atoms with Gasteiger partial charge in [-0.3, -0.25) is 14.2 Å². The van der Waals surface area contributed by atoms with Crippen molar-refractivity contribution in [3.8, 4) is 10.4 Å². The summed E-state index contributed by atoms with van der Waals surface area (Å²) in [6.45, 7) is 1.91. The average molecular weight is 448 g/mol. The maximum absolute atomic E-state index is 13.1. The molecular weight excluding hydrogens is 422 g/mol. The fourth-order valence-corrected chi connectivity index (χ4v) is 6.69. The van der Waals surface area contributed by atoms with Crippen molar-refractivity contribution in [2.45, 2.75) is 55.5 Å². The van der Waals surface area contributed by atoms with Crippen molar-refractivity contribution in [1.82, 2.24) is 14.5 Å². The number of fused-ring (bicyclic) bond motifs is 1. The summed E-state index contributed by atoms with van der Waals surface area (Å²) in [6, 6.07) is 4.35. The molecule has 29 heavy (non-hydrogen) atoms. The monoisotopic (exact) mass is 447 g/mol. The summed E-state index contributed by atoms with van der Waals surface area (Å²) < 4.78 is 1.58. The zero-order valence-electron chi connectivity index (χ0n) is 16.9. The molecule has 0 bridgehead atoms. The Labute approximate surface area is 182 Å². The Balaban J connectivity index is 1.59. The molecule has 0 saturated heterocycles. The van der Waals surface area contributed by atoms with Crippen LogP contribution in [-0.2, 0) is 11.8 Å². The van der Waals surface area contributed by atoms with E-state index in [1.165, 1.54) is 42.4 Å². The Kier molecular flexibility index (Phi) is 6.13. The minimum absolute atomic E-state index is 0.0533. The molecule has 1 unspecified atom stereocenters. The van der Waals surface area contributed by atoms with Gasteiger partial charge in [0.05, 0.1) is 10.6 Å². The number of aromatic nitrogens is 2. The van der Waals surface area contributed by atoms with Gasteiger partial charge in [0.2, 0.25) is 5.91 Å². The molecule has 1 aliphatic carbocycles. The second-order valence-electron chi connectivity index (χ2n) is 7.57. The highest BCUT2D eigenvalue weighted by atomic mass is 32.2. The van der Waals surface area contributed by atoms with E-state index in [2.05, 4.69) is 0 Å². The smallest absolute Gasteiger partial charge is 0.263 e. The molecule has 1 amide bonds. The van der Waals surface area contributed by atoms with Crippen LogP contribution in [0.15, 0.2) is 32.8 Å². The Bertz CT molecular complexity index is 1060. The van der Waals surface area contributed by atoms with E-state index < -0.39 is 0 Å². The van der Waals surface area contributed by atoms with Gasteiger partial charge in [-0.15, -0.1) is 22.7 Å². The Morgan fingerprint density at radius 3 is 2.76 bits per heavy atom. The van der Waals surface area contributed by atoms with E-state index in [1.54, 1.807) is 23.0 Å². The van der Waals surface area contributed by atoms with Crippen LogP contribution in [0.3, 0.4) is 0 Å². The van der Waals surface area contributed by atoms with Crippen LogP contribution in [0.5, 0.6) is 0 Å². The molecule has 0 aromatic carbocycles.